The third-order valence-corrected chi connectivity index (χ3v) is 5.93. The number of hydrogen-bond acceptors (Lipinski definition) is 9. The summed E-state index contributed by atoms with van der Waals surface area (Å²) >= 11 is 0. The van der Waals surface area contributed by atoms with Crippen LogP contribution >= 0.6 is 0 Å². The first-order valence-corrected chi connectivity index (χ1v) is 11.3. The topological polar surface area (TPSA) is 154 Å². The molecule has 4 aromatic rings. The fourth-order valence-electron chi connectivity index (χ4n) is 4.15. The highest BCUT2D eigenvalue weighted by atomic mass is 16.6. The standard InChI is InChI=1S/C23H27N7O4/c1-2-8-24-20-17-22(30(12-25-17)23-19(33)18(32)15(11-31)34-23)28-21(27-20)16-14(10-26-29-16)9-13-6-4-3-5-7-13/h3-7,10,12,15,18-19,23,31-33H,2,8-9,11H2,1H3,(H,26,29)(H,24,27,28)/t15-,18-,19-,23-/m1/s1. The summed E-state index contributed by atoms with van der Waals surface area (Å²) in [7, 11) is 0. The quantitative estimate of drug-likeness (QED) is 0.258. The molecule has 0 spiro atoms. The van der Waals surface area contributed by atoms with Gasteiger partial charge >= 0.3 is 0 Å². The van der Waals surface area contributed by atoms with Crippen molar-refractivity contribution in [2.45, 2.75) is 44.3 Å². The van der Waals surface area contributed by atoms with Crippen LogP contribution in [-0.2, 0) is 11.2 Å². The molecule has 4 atom stereocenters. The summed E-state index contributed by atoms with van der Waals surface area (Å²) < 4.78 is 7.28. The van der Waals surface area contributed by atoms with Crippen molar-refractivity contribution in [3.8, 4) is 11.5 Å². The number of benzene rings is 1. The summed E-state index contributed by atoms with van der Waals surface area (Å²) in [5.74, 6) is 0.968. The lowest BCUT2D eigenvalue weighted by molar-refractivity contribution is -0.0511. The largest absolute Gasteiger partial charge is 0.394 e. The summed E-state index contributed by atoms with van der Waals surface area (Å²) in [5, 5.41) is 40.8. The second kappa shape index (κ2) is 9.47. The molecule has 0 bridgehead atoms. The first-order valence-electron chi connectivity index (χ1n) is 11.3. The number of ether oxygens (including phenoxy) is 1. The number of nitrogens with zero attached hydrogens (tertiary/aromatic N) is 5. The number of fused-ring (bicyclic) bond motifs is 1. The molecule has 1 aliphatic heterocycles. The summed E-state index contributed by atoms with van der Waals surface area (Å²) in [6.45, 7) is 2.32. The van der Waals surface area contributed by atoms with Crippen molar-refractivity contribution < 1.29 is 20.1 Å². The van der Waals surface area contributed by atoms with Gasteiger partial charge in [-0.2, -0.15) is 5.10 Å². The minimum Gasteiger partial charge on any atom is -0.394 e. The van der Waals surface area contributed by atoms with Crippen molar-refractivity contribution >= 4 is 17.0 Å². The molecule has 3 aromatic heterocycles. The van der Waals surface area contributed by atoms with Gasteiger partial charge in [-0.25, -0.2) is 15.0 Å². The van der Waals surface area contributed by atoms with E-state index in [-0.39, 0.29) is 0 Å². The molecule has 0 unspecified atom stereocenters. The number of anilines is 1. The monoisotopic (exact) mass is 465 g/mol. The molecule has 5 rings (SSSR count). The normalized spacial score (nSPS) is 22.5. The van der Waals surface area contributed by atoms with E-state index in [2.05, 4.69) is 27.4 Å². The minimum atomic E-state index is -1.25. The van der Waals surface area contributed by atoms with Crippen LogP contribution in [0.4, 0.5) is 5.82 Å². The van der Waals surface area contributed by atoms with Gasteiger partial charge in [-0.1, -0.05) is 37.3 Å². The smallest absolute Gasteiger partial charge is 0.182 e. The van der Waals surface area contributed by atoms with Crippen LogP contribution < -0.4 is 5.32 Å². The second-order valence-electron chi connectivity index (χ2n) is 8.31. The number of aliphatic hydroxyl groups excluding tert-OH is 3. The Labute approximate surface area is 195 Å². The zero-order valence-corrected chi connectivity index (χ0v) is 18.7. The van der Waals surface area contributed by atoms with Crippen molar-refractivity contribution in [1.29, 1.82) is 0 Å². The van der Waals surface area contributed by atoms with E-state index in [1.807, 2.05) is 30.3 Å². The van der Waals surface area contributed by atoms with E-state index in [1.54, 1.807) is 10.8 Å². The predicted octanol–water partition coefficient (Wildman–Crippen LogP) is 1.24. The number of nitrogens with one attached hydrogen (secondary N) is 2. The van der Waals surface area contributed by atoms with Gasteiger partial charge in [0.15, 0.2) is 29.0 Å². The maximum atomic E-state index is 10.6. The maximum Gasteiger partial charge on any atom is 0.182 e. The van der Waals surface area contributed by atoms with Crippen molar-refractivity contribution in [1.82, 2.24) is 29.7 Å². The lowest BCUT2D eigenvalue weighted by Crippen LogP contribution is -2.33. The fourth-order valence-corrected chi connectivity index (χ4v) is 4.15. The van der Waals surface area contributed by atoms with Gasteiger partial charge in [0.05, 0.1) is 19.1 Å². The van der Waals surface area contributed by atoms with Gasteiger partial charge in [0.1, 0.15) is 24.0 Å². The minimum absolute atomic E-state index is 0.415. The van der Waals surface area contributed by atoms with Crippen LogP contribution in [0.25, 0.3) is 22.7 Å². The Hall–Kier alpha value is -3.38. The van der Waals surface area contributed by atoms with Crippen LogP contribution in [0.15, 0.2) is 42.9 Å². The molecule has 11 heteroatoms. The van der Waals surface area contributed by atoms with E-state index in [0.717, 1.165) is 17.5 Å². The molecule has 0 saturated carbocycles. The third-order valence-electron chi connectivity index (χ3n) is 5.93. The van der Waals surface area contributed by atoms with E-state index in [1.165, 1.54) is 6.33 Å². The Kier molecular flexibility index (Phi) is 6.24. The Balaban J connectivity index is 1.59. The molecule has 1 fully saturated rings. The van der Waals surface area contributed by atoms with Gasteiger partial charge in [-0.3, -0.25) is 9.67 Å². The molecule has 34 heavy (non-hydrogen) atoms. The van der Waals surface area contributed by atoms with Gasteiger partial charge in [-0.05, 0) is 12.0 Å². The van der Waals surface area contributed by atoms with Crippen molar-refractivity contribution in [3.63, 3.8) is 0 Å². The lowest BCUT2D eigenvalue weighted by Gasteiger charge is -2.17. The molecular weight excluding hydrogens is 438 g/mol. The number of aliphatic hydroxyl groups is 3. The first kappa shape index (κ1) is 22.4. The van der Waals surface area contributed by atoms with Gasteiger partial charge in [0.25, 0.3) is 0 Å². The summed E-state index contributed by atoms with van der Waals surface area (Å²) in [5.41, 5.74) is 3.69. The molecular formula is C23H27N7O4. The van der Waals surface area contributed by atoms with E-state index in [0.29, 0.717) is 41.5 Å². The SMILES string of the molecule is CCCNc1nc(-c2[nH]ncc2Cc2ccccc2)nc2c1ncn2[C@@H]1O[C@H](CO)[C@@H](O)[C@H]1O. The highest BCUT2D eigenvalue weighted by Crippen LogP contribution is 2.33. The first-order chi connectivity index (χ1) is 16.6. The van der Waals surface area contributed by atoms with Crippen LogP contribution in [0.2, 0.25) is 0 Å². The Morgan fingerprint density at radius 1 is 1.15 bits per heavy atom. The van der Waals surface area contributed by atoms with Crippen molar-refractivity contribution in [2.75, 3.05) is 18.5 Å². The molecule has 11 nitrogen and oxygen atoms in total. The number of aromatic amines is 1. The van der Waals surface area contributed by atoms with Gasteiger partial charge in [-0.15, -0.1) is 0 Å². The van der Waals surface area contributed by atoms with Crippen molar-refractivity contribution in [2.24, 2.45) is 0 Å². The highest BCUT2D eigenvalue weighted by molar-refractivity contribution is 5.85. The van der Waals surface area contributed by atoms with E-state index < -0.39 is 31.1 Å². The lowest BCUT2D eigenvalue weighted by atomic mass is 10.1. The molecule has 0 aliphatic carbocycles. The van der Waals surface area contributed by atoms with Gasteiger partial charge in [0.2, 0.25) is 0 Å². The van der Waals surface area contributed by atoms with Crippen molar-refractivity contribution in [3.05, 3.63) is 54.0 Å². The molecule has 0 radical (unpaired) electrons. The zero-order chi connectivity index (χ0) is 23.7. The van der Waals surface area contributed by atoms with E-state index >= 15 is 0 Å². The molecule has 5 N–H and O–H groups in total. The average molecular weight is 466 g/mol. The second-order valence-corrected chi connectivity index (χ2v) is 8.31. The molecule has 1 saturated heterocycles. The highest BCUT2D eigenvalue weighted by Gasteiger charge is 2.44. The van der Waals surface area contributed by atoms with Crippen LogP contribution in [0, 0.1) is 0 Å². The Bertz CT molecular complexity index is 1260. The maximum absolute atomic E-state index is 10.6. The number of hydrogen-bond donors (Lipinski definition) is 5. The molecule has 178 valence electrons. The number of imidazole rings is 1. The summed E-state index contributed by atoms with van der Waals surface area (Å²) in [4.78, 5) is 13.9. The van der Waals surface area contributed by atoms with Gasteiger partial charge in [0, 0.05) is 18.5 Å². The van der Waals surface area contributed by atoms with Gasteiger partial charge < -0.3 is 25.4 Å². The van der Waals surface area contributed by atoms with Crippen LogP contribution in [0.3, 0.4) is 0 Å². The number of rotatable bonds is 8. The predicted molar refractivity (Wildman–Crippen MR) is 124 cm³/mol. The third kappa shape index (κ3) is 4.03. The zero-order valence-electron chi connectivity index (χ0n) is 18.7. The summed E-state index contributed by atoms with van der Waals surface area (Å²) in [6, 6.07) is 10.0. The Morgan fingerprint density at radius 2 is 1.97 bits per heavy atom. The average Bonchev–Trinajstić information content (AvgIpc) is 3.56. The van der Waals surface area contributed by atoms with Crippen LogP contribution in [-0.4, -0.2) is 76.5 Å². The summed E-state index contributed by atoms with van der Waals surface area (Å²) in [6.07, 6.45) is 0.472. The molecule has 4 heterocycles. The van der Waals surface area contributed by atoms with E-state index in [4.69, 9.17) is 14.7 Å². The fraction of sp³-hybridized carbons (Fsp3) is 0.391. The molecule has 0 amide bonds. The number of aromatic nitrogens is 6. The van der Waals surface area contributed by atoms with Crippen LogP contribution in [0.5, 0.6) is 0 Å². The van der Waals surface area contributed by atoms with E-state index in [9.17, 15) is 15.3 Å². The van der Waals surface area contributed by atoms with Crippen LogP contribution in [0.1, 0.15) is 30.7 Å². The molecule has 1 aromatic carbocycles. The molecule has 1 aliphatic rings. The Morgan fingerprint density at radius 3 is 2.71 bits per heavy atom. The number of H-pyrrole nitrogens is 1.